The molecular weight excluding hydrogens is 512 g/mol. The van der Waals surface area contributed by atoms with Crippen molar-refractivity contribution in [3.05, 3.63) is 133 Å². The van der Waals surface area contributed by atoms with Crippen molar-refractivity contribution in [1.29, 1.82) is 0 Å². The lowest BCUT2D eigenvalue weighted by atomic mass is 9.87. The maximum atomic E-state index is 6.97. The summed E-state index contributed by atoms with van der Waals surface area (Å²) in [6.07, 6.45) is 0. The SMILES string of the molecule is c1ccc(-c2cc3ccccc3c3c2oc2cccc4c2c3c2cccc3oc5c6ccccc6ccc5c4c32)cc1. The van der Waals surface area contributed by atoms with Gasteiger partial charge in [0.1, 0.15) is 22.3 Å². The molecule has 0 saturated carbocycles. The number of fused-ring (bicyclic) bond motifs is 10. The molecule has 2 aromatic heterocycles. The Bertz CT molecular complexity index is 2720. The summed E-state index contributed by atoms with van der Waals surface area (Å²) in [6.45, 7) is 0. The van der Waals surface area contributed by atoms with Gasteiger partial charge in [0.2, 0.25) is 0 Å². The Morgan fingerprint density at radius 2 is 0.952 bits per heavy atom. The van der Waals surface area contributed by atoms with Crippen molar-refractivity contribution in [3.8, 4) is 11.1 Å². The van der Waals surface area contributed by atoms with Crippen LogP contribution in [0.1, 0.15) is 0 Å². The molecule has 0 aliphatic rings. The summed E-state index contributed by atoms with van der Waals surface area (Å²) in [5.74, 6) is 0. The molecule has 2 nitrogen and oxygen atoms in total. The fourth-order valence-corrected chi connectivity index (χ4v) is 7.26. The molecule has 0 spiro atoms. The van der Waals surface area contributed by atoms with Gasteiger partial charge >= 0.3 is 0 Å². The zero-order chi connectivity index (χ0) is 27.4. The van der Waals surface area contributed by atoms with E-state index in [0.717, 1.165) is 60.4 Å². The van der Waals surface area contributed by atoms with Crippen LogP contribution in [0.2, 0.25) is 0 Å². The summed E-state index contributed by atoms with van der Waals surface area (Å²) in [5.41, 5.74) is 5.85. The largest absolute Gasteiger partial charge is 0.455 e. The third-order valence-electron chi connectivity index (χ3n) is 9.00. The van der Waals surface area contributed by atoms with E-state index in [0.29, 0.717) is 0 Å². The van der Waals surface area contributed by atoms with Crippen LogP contribution in [0.25, 0.3) is 98.1 Å². The van der Waals surface area contributed by atoms with Crippen molar-refractivity contribution in [1.82, 2.24) is 0 Å². The van der Waals surface area contributed by atoms with Crippen LogP contribution in [0, 0.1) is 0 Å². The molecular formula is C40H22O2. The fourth-order valence-electron chi connectivity index (χ4n) is 7.26. The third kappa shape index (κ3) is 2.78. The van der Waals surface area contributed by atoms with Crippen molar-refractivity contribution in [2.75, 3.05) is 0 Å². The molecule has 0 bridgehead atoms. The molecule has 0 radical (unpaired) electrons. The van der Waals surface area contributed by atoms with Crippen molar-refractivity contribution in [3.63, 3.8) is 0 Å². The van der Waals surface area contributed by atoms with Gasteiger partial charge in [0, 0.05) is 43.3 Å². The number of benzene rings is 8. The minimum atomic E-state index is 0.889. The average molecular weight is 535 g/mol. The Labute approximate surface area is 240 Å². The standard InChI is InChI=1S/C40H22O2/c1-2-10-23(11-3-1)31-22-25-13-5-6-14-26(25)38-37-29-17-9-18-32-35(29)34(28-16-8-19-33(36(28)37)42-40(31)38)30-21-20-24-12-4-7-15-27(24)39(30)41-32/h1-22H. The topological polar surface area (TPSA) is 26.3 Å². The van der Waals surface area contributed by atoms with Crippen molar-refractivity contribution in [2.45, 2.75) is 0 Å². The maximum Gasteiger partial charge on any atom is 0.143 e. The lowest BCUT2D eigenvalue weighted by Crippen LogP contribution is -1.92. The lowest BCUT2D eigenvalue weighted by molar-refractivity contribution is 0.663. The normalized spacial score (nSPS) is 12.3. The molecule has 0 saturated heterocycles. The summed E-state index contributed by atoms with van der Waals surface area (Å²) in [6, 6.07) is 47.4. The summed E-state index contributed by atoms with van der Waals surface area (Å²) in [4.78, 5) is 0. The van der Waals surface area contributed by atoms with Crippen molar-refractivity contribution in [2.24, 2.45) is 0 Å². The number of hydrogen-bond acceptors (Lipinski definition) is 2. The highest BCUT2D eigenvalue weighted by molar-refractivity contribution is 6.42. The first-order chi connectivity index (χ1) is 20.8. The van der Waals surface area contributed by atoms with Crippen LogP contribution in [0.15, 0.2) is 142 Å². The highest BCUT2D eigenvalue weighted by Gasteiger charge is 2.23. The smallest absolute Gasteiger partial charge is 0.143 e. The van der Waals surface area contributed by atoms with Gasteiger partial charge in [-0.3, -0.25) is 0 Å². The van der Waals surface area contributed by atoms with Crippen LogP contribution in [0.5, 0.6) is 0 Å². The number of hydrogen-bond donors (Lipinski definition) is 0. The summed E-state index contributed by atoms with van der Waals surface area (Å²) >= 11 is 0. The Hall–Kier alpha value is -5.60. The Kier molecular flexibility index (Phi) is 4.21. The molecule has 0 aliphatic carbocycles. The Morgan fingerprint density at radius 3 is 1.76 bits per heavy atom. The van der Waals surface area contributed by atoms with E-state index >= 15 is 0 Å². The lowest BCUT2D eigenvalue weighted by Gasteiger charge is -2.19. The monoisotopic (exact) mass is 534 g/mol. The molecule has 0 fully saturated rings. The van der Waals surface area contributed by atoms with Crippen LogP contribution >= 0.6 is 0 Å². The van der Waals surface area contributed by atoms with Crippen LogP contribution in [-0.2, 0) is 0 Å². The van der Waals surface area contributed by atoms with Gasteiger partial charge in [-0.25, -0.2) is 0 Å². The van der Waals surface area contributed by atoms with Crippen molar-refractivity contribution < 1.29 is 8.83 Å². The van der Waals surface area contributed by atoms with Gasteiger partial charge in [-0.2, -0.15) is 0 Å². The van der Waals surface area contributed by atoms with E-state index < -0.39 is 0 Å². The molecule has 194 valence electrons. The summed E-state index contributed by atoms with van der Waals surface area (Å²) in [7, 11) is 0. The van der Waals surface area contributed by atoms with Gasteiger partial charge in [-0.15, -0.1) is 0 Å². The van der Waals surface area contributed by atoms with Crippen LogP contribution in [0.3, 0.4) is 0 Å². The minimum Gasteiger partial charge on any atom is -0.455 e. The number of rotatable bonds is 1. The highest BCUT2D eigenvalue weighted by atomic mass is 16.3. The highest BCUT2D eigenvalue weighted by Crippen LogP contribution is 2.49. The molecule has 10 rings (SSSR count). The fraction of sp³-hybridized carbons (Fsp3) is 0. The molecule has 0 amide bonds. The predicted octanol–water partition coefficient (Wildman–Crippen LogP) is 11.8. The van der Waals surface area contributed by atoms with Gasteiger partial charge < -0.3 is 8.83 Å². The zero-order valence-corrected chi connectivity index (χ0v) is 22.5. The van der Waals surface area contributed by atoms with Gasteiger partial charge in [-0.1, -0.05) is 109 Å². The molecule has 10 aromatic rings. The molecule has 2 heterocycles. The second-order valence-electron chi connectivity index (χ2n) is 11.2. The first-order valence-electron chi connectivity index (χ1n) is 14.4. The van der Waals surface area contributed by atoms with E-state index in [-0.39, 0.29) is 0 Å². The Balaban J connectivity index is 1.54. The maximum absolute atomic E-state index is 6.97. The second-order valence-corrected chi connectivity index (χ2v) is 11.2. The van der Waals surface area contributed by atoms with E-state index in [1.807, 2.05) is 0 Å². The van der Waals surface area contributed by atoms with E-state index in [1.165, 1.54) is 37.7 Å². The summed E-state index contributed by atoms with van der Waals surface area (Å²) in [5, 5.41) is 14.0. The minimum absolute atomic E-state index is 0.889. The zero-order valence-electron chi connectivity index (χ0n) is 22.5. The predicted molar refractivity (Wildman–Crippen MR) is 176 cm³/mol. The molecule has 0 aliphatic heterocycles. The van der Waals surface area contributed by atoms with Gasteiger partial charge in [-0.05, 0) is 56.8 Å². The van der Waals surface area contributed by atoms with E-state index in [4.69, 9.17) is 8.83 Å². The third-order valence-corrected chi connectivity index (χ3v) is 9.00. The van der Waals surface area contributed by atoms with Crippen LogP contribution in [0.4, 0.5) is 0 Å². The summed E-state index contributed by atoms with van der Waals surface area (Å²) < 4.78 is 13.8. The van der Waals surface area contributed by atoms with Crippen LogP contribution < -0.4 is 0 Å². The molecule has 0 N–H and O–H groups in total. The van der Waals surface area contributed by atoms with Gasteiger partial charge in [0.25, 0.3) is 0 Å². The average Bonchev–Trinajstić information content (AvgIpc) is 3.05. The van der Waals surface area contributed by atoms with E-state index in [9.17, 15) is 0 Å². The quantitative estimate of drug-likeness (QED) is 0.155. The molecule has 0 unspecified atom stereocenters. The van der Waals surface area contributed by atoms with Crippen LogP contribution in [-0.4, -0.2) is 0 Å². The van der Waals surface area contributed by atoms with E-state index in [1.54, 1.807) is 0 Å². The molecule has 2 heteroatoms. The molecule has 8 aromatic carbocycles. The first-order valence-corrected chi connectivity index (χ1v) is 14.4. The molecule has 0 atom stereocenters. The Morgan fingerprint density at radius 1 is 0.333 bits per heavy atom. The second kappa shape index (κ2) is 7.99. The van der Waals surface area contributed by atoms with Gasteiger partial charge in [0.15, 0.2) is 0 Å². The van der Waals surface area contributed by atoms with Crippen molar-refractivity contribution >= 4 is 87.0 Å². The first kappa shape index (κ1) is 22.1. The van der Waals surface area contributed by atoms with Gasteiger partial charge in [0.05, 0.1) is 0 Å². The van der Waals surface area contributed by atoms with E-state index in [2.05, 4.69) is 133 Å². The molecule has 42 heavy (non-hydrogen) atoms.